The zero-order chi connectivity index (χ0) is 21.4. The Morgan fingerprint density at radius 3 is 2.63 bits per heavy atom. The number of nitrogens with two attached hydrogens (primary N) is 1. The summed E-state index contributed by atoms with van der Waals surface area (Å²) in [5.41, 5.74) is 8.63. The first-order chi connectivity index (χ1) is 14.5. The predicted molar refractivity (Wildman–Crippen MR) is 121 cm³/mol. The first-order valence-corrected chi connectivity index (χ1v) is 10.8. The van der Waals surface area contributed by atoms with E-state index < -0.39 is 6.04 Å². The van der Waals surface area contributed by atoms with E-state index in [-0.39, 0.29) is 5.91 Å². The molecule has 6 nitrogen and oxygen atoms in total. The number of rotatable bonds is 4. The van der Waals surface area contributed by atoms with Crippen LogP contribution in [-0.2, 0) is 4.79 Å². The van der Waals surface area contributed by atoms with Crippen LogP contribution in [0.5, 0.6) is 0 Å². The van der Waals surface area contributed by atoms with Crippen LogP contribution in [-0.4, -0.2) is 34.0 Å². The molecule has 1 amide bonds. The molecule has 2 aromatic rings. The van der Waals surface area contributed by atoms with Crippen molar-refractivity contribution in [2.75, 3.05) is 13.1 Å². The van der Waals surface area contributed by atoms with E-state index in [0.717, 1.165) is 16.3 Å². The maximum absolute atomic E-state index is 13.6. The summed E-state index contributed by atoms with van der Waals surface area (Å²) in [4.78, 5) is 22.3. The number of carbonyl (C=O) groups excluding carboxylic acids is 1. The van der Waals surface area contributed by atoms with Gasteiger partial charge in [0.2, 0.25) is 0 Å². The van der Waals surface area contributed by atoms with Gasteiger partial charge in [0, 0.05) is 13.1 Å². The fraction of sp³-hybridized carbons (Fsp3) is 0.261. The largest absolute Gasteiger partial charge is 0.383 e. The minimum atomic E-state index is -0.449. The molecule has 4 rings (SSSR count). The van der Waals surface area contributed by atoms with Crippen molar-refractivity contribution in [1.82, 2.24) is 9.80 Å². The first-order valence-electron chi connectivity index (χ1n) is 9.95. The van der Waals surface area contributed by atoms with Crippen LogP contribution in [0.25, 0.3) is 10.8 Å². The average molecular weight is 418 g/mol. The Hall–Kier alpha value is -3.24. The Morgan fingerprint density at radius 2 is 1.93 bits per heavy atom. The lowest BCUT2D eigenvalue weighted by Crippen LogP contribution is -2.42. The summed E-state index contributed by atoms with van der Waals surface area (Å²) >= 11 is 1.25. The molecule has 0 radical (unpaired) electrons. The summed E-state index contributed by atoms with van der Waals surface area (Å²) in [6.45, 7) is 7.01. The lowest BCUT2D eigenvalue weighted by molar-refractivity contribution is -0.127. The second-order valence-corrected chi connectivity index (χ2v) is 8.12. The second kappa shape index (κ2) is 7.88. The molecule has 7 heteroatoms. The third kappa shape index (κ3) is 3.04. The van der Waals surface area contributed by atoms with Crippen molar-refractivity contribution in [2.24, 2.45) is 10.7 Å². The summed E-state index contributed by atoms with van der Waals surface area (Å²) in [5.74, 6) is 0.290. The highest BCUT2D eigenvalue weighted by atomic mass is 32.2. The zero-order valence-corrected chi connectivity index (χ0v) is 18.0. The molecule has 0 unspecified atom stereocenters. The summed E-state index contributed by atoms with van der Waals surface area (Å²) < 4.78 is 0. The maximum Gasteiger partial charge on any atom is 0.254 e. The second-order valence-electron chi connectivity index (χ2n) is 7.14. The molecule has 0 aliphatic carbocycles. The van der Waals surface area contributed by atoms with E-state index in [0.29, 0.717) is 40.3 Å². The highest BCUT2D eigenvalue weighted by Crippen LogP contribution is 2.46. The number of hydrogen-bond acceptors (Lipinski definition) is 6. The van der Waals surface area contributed by atoms with Gasteiger partial charge in [0.05, 0.1) is 17.3 Å². The number of fused-ring (bicyclic) bond motifs is 2. The van der Waals surface area contributed by atoms with Crippen LogP contribution in [0.4, 0.5) is 0 Å². The molecular formula is C23H23N5OS. The minimum Gasteiger partial charge on any atom is -0.383 e. The number of carbonyl (C=O) groups is 1. The van der Waals surface area contributed by atoms with Crippen molar-refractivity contribution >= 4 is 33.6 Å². The van der Waals surface area contributed by atoms with Gasteiger partial charge in [-0.3, -0.25) is 9.69 Å². The SMILES string of the molecule is CCN(CC)C(=O)C1=C(C)N=C2SC(C#N)=C(N)N2[C@@H]1c1cccc2ccccc12. The molecular weight excluding hydrogens is 394 g/mol. The topological polar surface area (TPSA) is 85.7 Å². The van der Waals surface area contributed by atoms with Crippen molar-refractivity contribution in [3.63, 3.8) is 0 Å². The van der Waals surface area contributed by atoms with Crippen molar-refractivity contribution < 1.29 is 4.79 Å². The molecule has 152 valence electrons. The number of nitrogens with zero attached hydrogens (tertiary/aromatic N) is 4. The molecule has 2 heterocycles. The lowest BCUT2D eigenvalue weighted by atomic mass is 9.90. The Kier molecular flexibility index (Phi) is 5.27. The van der Waals surface area contributed by atoms with E-state index in [1.54, 1.807) is 4.90 Å². The molecule has 2 N–H and O–H groups in total. The quantitative estimate of drug-likeness (QED) is 0.810. The normalized spacial score (nSPS) is 18.4. The molecule has 0 aromatic heterocycles. The number of nitriles is 1. The molecule has 2 aliphatic rings. The van der Waals surface area contributed by atoms with E-state index >= 15 is 0 Å². The smallest absolute Gasteiger partial charge is 0.254 e. The standard InChI is InChI=1S/C23H23N5OS/c1-4-27(5-2)22(29)19-14(3)26-23-28(21(25)18(13-24)30-23)20(19)17-12-8-10-15-9-6-7-11-16(15)17/h6-12,20H,4-5,25H2,1-3H3/t20-/m1/s1. The van der Waals surface area contributed by atoms with E-state index in [1.807, 2.05) is 49.9 Å². The molecule has 2 aliphatic heterocycles. The number of hydrogen-bond donors (Lipinski definition) is 1. The number of aliphatic imine (C=N–C) groups is 1. The number of thioether (sulfide) groups is 1. The van der Waals surface area contributed by atoms with Gasteiger partial charge in [-0.05, 0) is 48.9 Å². The van der Waals surface area contributed by atoms with Gasteiger partial charge < -0.3 is 10.6 Å². The van der Waals surface area contributed by atoms with Crippen LogP contribution in [0.3, 0.4) is 0 Å². The van der Waals surface area contributed by atoms with E-state index in [2.05, 4.69) is 29.3 Å². The number of amides is 1. The predicted octanol–water partition coefficient (Wildman–Crippen LogP) is 4.09. The third-order valence-electron chi connectivity index (χ3n) is 5.58. The number of likely N-dealkylation sites (N-methyl/N-ethyl adjacent to an activating group) is 1. The fourth-order valence-corrected chi connectivity index (χ4v) is 4.99. The van der Waals surface area contributed by atoms with Gasteiger partial charge in [0.15, 0.2) is 5.17 Å². The van der Waals surface area contributed by atoms with Crippen LogP contribution < -0.4 is 5.73 Å². The summed E-state index contributed by atoms with van der Waals surface area (Å²) in [5, 5.41) is 12.3. The first kappa shape index (κ1) is 20.0. The Bertz CT molecular complexity index is 1160. The minimum absolute atomic E-state index is 0.0542. The third-order valence-corrected chi connectivity index (χ3v) is 6.55. The van der Waals surface area contributed by atoms with E-state index in [1.165, 1.54) is 11.8 Å². The van der Waals surface area contributed by atoms with Crippen LogP contribution >= 0.6 is 11.8 Å². The molecule has 0 spiro atoms. The highest BCUT2D eigenvalue weighted by Gasteiger charge is 2.43. The number of allylic oxidation sites excluding steroid dienone is 2. The van der Waals surface area contributed by atoms with Crippen molar-refractivity contribution in [1.29, 1.82) is 5.26 Å². The molecule has 1 atom stereocenters. The Balaban J connectivity index is 1.99. The van der Waals surface area contributed by atoms with E-state index in [4.69, 9.17) is 5.73 Å². The van der Waals surface area contributed by atoms with Gasteiger partial charge in [-0.2, -0.15) is 5.26 Å². The molecule has 0 fully saturated rings. The van der Waals surface area contributed by atoms with Gasteiger partial charge in [-0.25, -0.2) is 4.99 Å². The Labute approximate surface area is 180 Å². The molecule has 2 aromatic carbocycles. The Morgan fingerprint density at radius 1 is 1.23 bits per heavy atom. The highest BCUT2D eigenvalue weighted by molar-refractivity contribution is 8.17. The van der Waals surface area contributed by atoms with Gasteiger partial charge in [0.25, 0.3) is 5.91 Å². The lowest BCUT2D eigenvalue weighted by Gasteiger charge is -2.37. The molecule has 0 saturated heterocycles. The number of amidine groups is 1. The van der Waals surface area contributed by atoms with E-state index in [9.17, 15) is 10.1 Å². The monoisotopic (exact) mass is 417 g/mol. The van der Waals surface area contributed by atoms with Crippen LogP contribution in [0.15, 0.2) is 69.5 Å². The molecule has 0 bridgehead atoms. The van der Waals surface area contributed by atoms with Crippen LogP contribution in [0, 0.1) is 11.3 Å². The average Bonchev–Trinajstić information content (AvgIpc) is 3.08. The maximum atomic E-state index is 13.6. The van der Waals surface area contributed by atoms with Gasteiger partial charge in [0.1, 0.15) is 16.8 Å². The van der Waals surface area contributed by atoms with Crippen molar-refractivity contribution in [3.8, 4) is 6.07 Å². The van der Waals surface area contributed by atoms with Crippen LogP contribution in [0.1, 0.15) is 32.4 Å². The van der Waals surface area contributed by atoms with Crippen molar-refractivity contribution in [3.05, 3.63) is 70.0 Å². The van der Waals surface area contributed by atoms with Crippen molar-refractivity contribution in [2.45, 2.75) is 26.8 Å². The van der Waals surface area contributed by atoms with Gasteiger partial charge in [-0.15, -0.1) is 0 Å². The van der Waals surface area contributed by atoms with Gasteiger partial charge in [-0.1, -0.05) is 42.5 Å². The number of benzene rings is 2. The van der Waals surface area contributed by atoms with Gasteiger partial charge >= 0.3 is 0 Å². The fourth-order valence-electron chi connectivity index (χ4n) is 4.08. The summed E-state index contributed by atoms with van der Waals surface area (Å²) in [6.07, 6.45) is 0. The van der Waals surface area contributed by atoms with Crippen LogP contribution in [0.2, 0.25) is 0 Å². The summed E-state index contributed by atoms with van der Waals surface area (Å²) in [7, 11) is 0. The molecule has 30 heavy (non-hydrogen) atoms. The molecule has 0 saturated carbocycles. The zero-order valence-electron chi connectivity index (χ0n) is 17.2. The summed E-state index contributed by atoms with van der Waals surface area (Å²) in [6, 6.07) is 15.9.